The van der Waals surface area contributed by atoms with Gasteiger partial charge >= 0.3 is 5.97 Å². The maximum absolute atomic E-state index is 12.9. The second-order valence-corrected chi connectivity index (χ2v) is 9.24. The van der Waals surface area contributed by atoms with Crippen molar-refractivity contribution in [1.29, 1.82) is 0 Å². The number of para-hydroxylation sites is 2. The summed E-state index contributed by atoms with van der Waals surface area (Å²) in [6.45, 7) is 0.146. The molecule has 1 aliphatic heterocycles. The number of anilines is 1. The molecule has 0 bridgehead atoms. The largest absolute Gasteiger partial charge is 0.493 e. The minimum Gasteiger partial charge on any atom is -0.493 e. The monoisotopic (exact) mass is 541 g/mol. The van der Waals surface area contributed by atoms with E-state index in [1.54, 1.807) is 67.8 Å². The van der Waals surface area contributed by atoms with Crippen LogP contribution in [0.15, 0.2) is 72.8 Å². The summed E-state index contributed by atoms with van der Waals surface area (Å²) in [7, 11) is 1.57. The molecule has 4 rings (SSSR count). The van der Waals surface area contributed by atoms with E-state index in [0.29, 0.717) is 33.5 Å². The summed E-state index contributed by atoms with van der Waals surface area (Å²) in [6.07, 6.45) is -0.893. The molecule has 9 heteroatoms. The Balaban J connectivity index is 1.40. The highest BCUT2D eigenvalue weighted by Crippen LogP contribution is 2.33. The number of methoxy groups -OCH3 is 1. The summed E-state index contributed by atoms with van der Waals surface area (Å²) in [5, 5.41) is 0.492. The normalized spacial score (nSPS) is 15.8. The fraction of sp³-hybridized carbons (Fsp3) is 0.250. The molecule has 0 aliphatic carbocycles. The Morgan fingerprint density at radius 1 is 1.00 bits per heavy atom. The van der Waals surface area contributed by atoms with Crippen molar-refractivity contribution in [3.8, 4) is 17.2 Å². The number of alkyl halides is 1. The molecule has 3 aromatic rings. The van der Waals surface area contributed by atoms with E-state index < -0.39 is 18.0 Å². The number of rotatable bonds is 10. The van der Waals surface area contributed by atoms with Crippen molar-refractivity contribution in [3.05, 3.63) is 83.4 Å². The fourth-order valence-electron chi connectivity index (χ4n) is 4.02. The van der Waals surface area contributed by atoms with Gasteiger partial charge in [-0.05, 0) is 60.7 Å². The number of halogens is 2. The first-order valence-electron chi connectivity index (χ1n) is 11.7. The number of ketones is 1. The van der Waals surface area contributed by atoms with Crippen molar-refractivity contribution in [3.63, 3.8) is 0 Å². The van der Waals surface area contributed by atoms with E-state index in [-0.39, 0.29) is 37.0 Å². The smallest absolute Gasteiger partial charge is 0.312 e. The first-order chi connectivity index (χ1) is 17.9. The number of Topliss-reactive ketones (excluding diaryl/α,β-unsaturated/α-hetero) is 1. The van der Waals surface area contributed by atoms with Crippen LogP contribution in [0, 0.1) is 5.92 Å². The average Bonchev–Trinajstić information content (AvgIpc) is 3.31. The van der Waals surface area contributed by atoms with Crippen LogP contribution in [0.1, 0.15) is 23.2 Å². The van der Waals surface area contributed by atoms with Gasteiger partial charge in [0.2, 0.25) is 11.7 Å². The number of carbonyl (C=O) groups is 3. The Morgan fingerprint density at radius 2 is 1.68 bits per heavy atom. The summed E-state index contributed by atoms with van der Waals surface area (Å²) in [4.78, 5) is 40.0. The van der Waals surface area contributed by atoms with Gasteiger partial charge in [-0.25, -0.2) is 0 Å². The molecule has 1 aliphatic rings. The second kappa shape index (κ2) is 12.1. The predicted octanol–water partition coefficient (Wildman–Crippen LogP) is 5.92. The Morgan fingerprint density at radius 3 is 2.32 bits per heavy atom. The van der Waals surface area contributed by atoms with Crippen molar-refractivity contribution in [2.45, 2.75) is 18.9 Å². The van der Waals surface area contributed by atoms with Gasteiger partial charge in [0.25, 0.3) is 0 Å². The molecule has 1 amide bonds. The highest BCUT2D eigenvalue weighted by atomic mass is 35.5. The minimum absolute atomic E-state index is 0.0129. The molecular weight excluding hydrogens is 517 g/mol. The molecule has 1 saturated heterocycles. The summed E-state index contributed by atoms with van der Waals surface area (Å²) in [6, 6.07) is 20.6. The number of carbonyl (C=O) groups excluding carboxylic acids is 3. The maximum atomic E-state index is 12.9. The van der Waals surface area contributed by atoms with Crippen LogP contribution in [0.25, 0.3) is 0 Å². The van der Waals surface area contributed by atoms with Crippen molar-refractivity contribution >= 4 is 46.5 Å². The van der Waals surface area contributed by atoms with Crippen LogP contribution in [-0.2, 0) is 14.3 Å². The lowest BCUT2D eigenvalue weighted by Crippen LogP contribution is -2.32. The van der Waals surface area contributed by atoms with Crippen molar-refractivity contribution in [2.24, 2.45) is 5.92 Å². The SMILES string of the molecule is COc1ccccc1Oc1ccc(N2C[C@H](C(=O)O[C@@H](CCCl)C(=O)c3ccc(Cl)cc3)CC2=O)cc1. The Hall–Kier alpha value is -3.55. The van der Waals surface area contributed by atoms with Crippen LogP contribution in [0.4, 0.5) is 5.69 Å². The standard InChI is InChI=1S/C28H25Cl2NO6/c1-35-23-4-2-3-5-24(23)36-22-12-10-21(11-13-22)31-17-19(16-26(31)32)28(34)37-25(14-15-29)27(33)18-6-8-20(30)9-7-18/h2-13,19,25H,14-17H2,1H3/t19-,25+/m1/s1. The van der Waals surface area contributed by atoms with Crippen LogP contribution >= 0.6 is 23.2 Å². The second-order valence-electron chi connectivity index (χ2n) is 8.43. The first kappa shape index (κ1) is 26.5. The number of nitrogens with zero attached hydrogens (tertiary/aromatic N) is 1. The van der Waals surface area contributed by atoms with E-state index >= 15 is 0 Å². The lowest BCUT2D eigenvalue weighted by atomic mass is 10.0. The number of hydrogen-bond acceptors (Lipinski definition) is 6. The number of esters is 1. The van der Waals surface area contributed by atoms with E-state index in [0.717, 1.165) is 0 Å². The molecule has 192 valence electrons. The van der Waals surface area contributed by atoms with Crippen LogP contribution in [-0.4, -0.2) is 43.3 Å². The Kier molecular flexibility index (Phi) is 8.69. The summed E-state index contributed by atoms with van der Waals surface area (Å²) in [5.74, 6) is -0.00776. The molecular formula is C28H25Cl2NO6. The summed E-state index contributed by atoms with van der Waals surface area (Å²) < 4.78 is 16.7. The van der Waals surface area contributed by atoms with Gasteiger partial charge in [-0.1, -0.05) is 23.7 Å². The lowest BCUT2D eigenvalue weighted by Gasteiger charge is -2.19. The Bertz CT molecular complexity index is 1260. The molecule has 0 saturated carbocycles. The third-order valence-electron chi connectivity index (χ3n) is 5.95. The van der Waals surface area contributed by atoms with Gasteiger partial charge in [0.1, 0.15) is 5.75 Å². The third-order valence-corrected chi connectivity index (χ3v) is 6.42. The van der Waals surface area contributed by atoms with Gasteiger partial charge in [-0.15, -0.1) is 11.6 Å². The number of hydrogen-bond donors (Lipinski definition) is 0. The van der Waals surface area contributed by atoms with Gasteiger partial charge < -0.3 is 19.1 Å². The third kappa shape index (κ3) is 6.42. The lowest BCUT2D eigenvalue weighted by molar-refractivity contribution is -0.151. The van der Waals surface area contributed by atoms with E-state index in [1.807, 2.05) is 12.1 Å². The molecule has 0 radical (unpaired) electrons. The molecule has 0 spiro atoms. The van der Waals surface area contributed by atoms with Crippen molar-refractivity contribution < 1.29 is 28.6 Å². The van der Waals surface area contributed by atoms with Crippen LogP contribution < -0.4 is 14.4 Å². The highest BCUT2D eigenvalue weighted by Gasteiger charge is 2.38. The van der Waals surface area contributed by atoms with Crippen LogP contribution in [0.3, 0.4) is 0 Å². The van der Waals surface area contributed by atoms with Gasteiger partial charge in [0.15, 0.2) is 17.6 Å². The molecule has 3 aromatic carbocycles. The molecule has 1 fully saturated rings. The van der Waals surface area contributed by atoms with Gasteiger partial charge in [-0.2, -0.15) is 0 Å². The van der Waals surface area contributed by atoms with Gasteiger partial charge in [0.05, 0.1) is 13.0 Å². The zero-order valence-electron chi connectivity index (χ0n) is 20.1. The number of benzene rings is 3. The summed E-state index contributed by atoms with van der Waals surface area (Å²) >= 11 is 11.8. The van der Waals surface area contributed by atoms with Gasteiger partial charge in [0, 0.05) is 41.5 Å². The van der Waals surface area contributed by atoms with E-state index in [4.69, 9.17) is 37.4 Å². The predicted molar refractivity (Wildman–Crippen MR) is 141 cm³/mol. The molecule has 1 heterocycles. The zero-order chi connectivity index (χ0) is 26.4. The van der Waals surface area contributed by atoms with E-state index in [2.05, 4.69) is 0 Å². The topological polar surface area (TPSA) is 82.1 Å². The molecule has 2 atom stereocenters. The van der Waals surface area contributed by atoms with E-state index in [1.165, 1.54) is 4.90 Å². The highest BCUT2D eigenvalue weighted by molar-refractivity contribution is 6.30. The zero-order valence-corrected chi connectivity index (χ0v) is 21.6. The molecule has 0 aromatic heterocycles. The van der Waals surface area contributed by atoms with Crippen LogP contribution in [0.5, 0.6) is 17.2 Å². The summed E-state index contributed by atoms with van der Waals surface area (Å²) in [5.41, 5.74) is 0.995. The maximum Gasteiger partial charge on any atom is 0.312 e. The number of amides is 1. The van der Waals surface area contributed by atoms with Gasteiger partial charge in [-0.3, -0.25) is 14.4 Å². The molecule has 0 N–H and O–H groups in total. The van der Waals surface area contributed by atoms with E-state index in [9.17, 15) is 14.4 Å². The number of ether oxygens (including phenoxy) is 3. The van der Waals surface area contributed by atoms with Crippen molar-refractivity contribution in [1.82, 2.24) is 0 Å². The Labute approximate surface area is 224 Å². The molecule has 7 nitrogen and oxygen atoms in total. The molecule has 0 unspecified atom stereocenters. The van der Waals surface area contributed by atoms with Crippen LogP contribution in [0.2, 0.25) is 5.02 Å². The first-order valence-corrected chi connectivity index (χ1v) is 12.6. The molecule has 37 heavy (non-hydrogen) atoms. The fourth-order valence-corrected chi connectivity index (χ4v) is 4.34. The minimum atomic E-state index is -1.04. The average molecular weight is 542 g/mol. The quantitative estimate of drug-likeness (QED) is 0.180. The van der Waals surface area contributed by atoms with Crippen molar-refractivity contribution in [2.75, 3.05) is 24.4 Å².